The van der Waals surface area contributed by atoms with E-state index in [2.05, 4.69) is 0 Å². The Morgan fingerprint density at radius 2 is 1.93 bits per heavy atom. The molecule has 0 aliphatic carbocycles. The number of para-hydroxylation sites is 1. The van der Waals surface area contributed by atoms with Crippen LogP contribution in [-0.4, -0.2) is 29.0 Å². The zero-order valence-corrected chi connectivity index (χ0v) is 8.31. The maximum absolute atomic E-state index is 9.69. The monoisotopic (exact) mass is 196 g/mol. The van der Waals surface area contributed by atoms with Gasteiger partial charge in [-0.15, -0.1) is 0 Å². The van der Waals surface area contributed by atoms with Gasteiger partial charge in [-0.2, -0.15) is 0 Å². The average molecular weight is 196 g/mol. The van der Waals surface area contributed by atoms with Crippen molar-refractivity contribution in [3.05, 3.63) is 30.3 Å². The third-order valence-electron chi connectivity index (χ3n) is 1.94. The predicted molar refractivity (Wildman–Crippen MR) is 54.3 cm³/mol. The first-order valence-electron chi connectivity index (χ1n) is 4.65. The molecule has 1 rings (SSSR count). The van der Waals surface area contributed by atoms with Gasteiger partial charge in [0.2, 0.25) is 0 Å². The molecule has 1 unspecified atom stereocenters. The lowest BCUT2D eigenvalue weighted by molar-refractivity contribution is -0.00755. The molecule has 0 spiro atoms. The summed E-state index contributed by atoms with van der Waals surface area (Å²) in [7, 11) is 0. The number of rotatable bonds is 5. The van der Waals surface area contributed by atoms with Crippen LogP contribution in [0.15, 0.2) is 30.3 Å². The molecule has 1 aromatic rings. The van der Waals surface area contributed by atoms with Crippen LogP contribution in [0, 0.1) is 0 Å². The molecule has 0 fully saturated rings. The highest BCUT2D eigenvalue weighted by molar-refractivity contribution is 5.21. The van der Waals surface area contributed by atoms with Crippen LogP contribution >= 0.6 is 0 Å². The minimum Gasteiger partial charge on any atom is -0.491 e. The van der Waals surface area contributed by atoms with Crippen molar-refractivity contribution in [2.75, 3.05) is 13.2 Å². The Morgan fingerprint density at radius 3 is 2.50 bits per heavy atom. The second kappa shape index (κ2) is 4.98. The number of benzene rings is 1. The number of hydrogen-bond donors (Lipinski definition) is 2. The van der Waals surface area contributed by atoms with Crippen LogP contribution in [0.5, 0.6) is 5.75 Å². The van der Waals surface area contributed by atoms with E-state index in [1.165, 1.54) is 0 Å². The van der Waals surface area contributed by atoms with Gasteiger partial charge in [0.1, 0.15) is 12.4 Å². The van der Waals surface area contributed by atoms with Gasteiger partial charge in [0, 0.05) is 13.0 Å². The van der Waals surface area contributed by atoms with E-state index in [0.29, 0.717) is 6.42 Å². The maximum atomic E-state index is 9.69. The molecule has 0 saturated carbocycles. The number of aliphatic hydroxyl groups is 2. The summed E-state index contributed by atoms with van der Waals surface area (Å²) < 4.78 is 5.36. The molecule has 0 radical (unpaired) electrons. The minimum atomic E-state index is -0.968. The smallest absolute Gasteiger partial charge is 0.119 e. The second-order valence-corrected chi connectivity index (χ2v) is 3.57. The molecule has 1 aromatic carbocycles. The van der Waals surface area contributed by atoms with Crippen molar-refractivity contribution < 1.29 is 14.9 Å². The first-order valence-corrected chi connectivity index (χ1v) is 4.65. The standard InChI is InChI=1S/C11H16O3/c1-11(13,7-8-12)9-14-10-5-3-2-4-6-10/h2-6,12-13H,7-9H2,1H3. The van der Waals surface area contributed by atoms with Crippen LogP contribution in [-0.2, 0) is 0 Å². The molecule has 0 bridgehead atoms. The molecule has 1 atom stereocenters. The van der Waals surface area contributed by atoms with Crippen molar-refractivity contribution in [3.8, 4) is 5.75 Å². The molecule has 78 valence electrons. The Kier molecular flexibility index (Phi) is 3.92. The van der Waals surface area contributed by atoms with Crippen molar-refractivity contribution in [2.24, 2.45) is 0 Å². The normalized spacial score (nSPS) is 14.8. The fourth-order valence-electron chi connectivity index (χ4n) is 1.07. The Morgan fingerprint density at radius 1 is 1.29 bits per heavy atom. The third-order valence-corrected chi connectivity index (χ3v) is 1.94. The number of ether oxygens (including phenoxy) is 1. The van der Waals surface area contributed by atoms with Gasteiger partial charge in [0.15, 0.2) is 0 Å². The summed E-state index contributed by atoms with van der Waals surface area (Å²) in [4.78, 5) is 0. The van der Waals surface area contributed by atoms with Gasteiger partial charge in [-0.3, -0.25) is 0 Å². The first-order chi connectivity index (χ1) is 6.64. The Hall–Kier alpha value is -1.06. The van der Waals surface area contributed by atoms with E-state index >= 15 is 0 Å². The van der Waals surface area contributed by atoms with E-state index in [0.717, 1.165) is 5.75 Å². The van der Waals surface area contributed by atoms with Gasteiger partial charge in [0.25, 0.3) is 0 Å². The van der Waals surface area contributed by atoms with Gasteiger partial charge in [-0.25, -0.2) is 0 Å². The van der Waals surface area contributed by atoms with Crippen LogP contribution in [0.4, 0.5) is 0 Å². The van der Waals surface area contributed by atoms with E-state index < -0.39 is 5.60 Å². The summed E-state index contributed by atoms with van der Waals surface area (Å²) in [6.45, 7) is 1.80. The quantitative estimate of drug-likeness (QED) is 0.744. The van der Waals surface area contributed by atoms with Crippen LogP contribution in [0.2, 0.25) is 0 Å². The number of aliphatic hydroxyl groups excluding tert-OH is 1. The summed E-state index contributed by atoms with van der Waals surface area (Å²) in [6.07, 6.45) is 0.319. The first kappa shape index (κ1) is 11.0. The second-order valence-electron chi connectivity index (χ2n) is 3.57. The van der Waals surface area contributed by atoms with Gasteiger partial charge >= 0.3 is 0 Å². The highest BCUT2D eigenvalue weighted by Crippen LogP contribution is 2.14. The molecule has 0 aliphatic heterocycles. The highest BCUT2D eigenvalue weighted by atomic mass is 16.5. The number of hydrogen-bond acceptors (Lipinski definition) is 3. The molecule has 0 aliphatic rings. The fourth-order valence-corrected chi connectivity index (χ4v) is 1.07. The lowest BCUT2D eigenvalue weighted by Crippen LogP contribution is -2.33. The molecule has 0 amide bonds. The van der Waals surface area contributed by atoms with Crippen LogP contribution in [0.1, 0.15) is 13.3 Å². The minimum absolute atomic E-state index is 0.0366. The summed E-state index contributed by atoms with van der Waals surface area (Å²) in [5.74, 6) is 0.728. The van der Waals surface area contributed by atoms with E-state index in [1.807, 2.05) is 30.3 Å². The van der Waals surface area contributed by atoms with Gasteiger partial charge in [-0.05, 0) is 19.1 Å². The topological polar surface area (TPSA) is 49.7 Å². The van der Waals surface area contributed by atoms with Crippen molar-refractivity contribution in [1.82, 2.24) is 0 Å². The molecule has 0 aromatic heterocycles. The summed E-state index contributed by atoms with van der Waals surface area (Å²) in [6, 6.07) is 9.30. The van der Waals surface area contributed by atoms with Crippen molar-refractivity contribution in [3.63, 3.8) is 0 Å². The van der Waals surface area contributed by atoms with Crippen LogP contribution < -0.4 is 4.74 Å². The van der Waals surface area contributed by atoms with E-state index in [-0.39, 0.29) is 13.2 Å². The van der Waals surface area contributed by atoms with Crippen molar-refractivity contribution in [2.45, 2.75) is 18.9 Å². The zero-order chi connectivity index (χ0) is 10.4. The van der Waals surface area contributed by atoms with Crippen LogP contribution in [0.25, 0.3) is 0 Å². The molecule has 14 heavy (non-hydrogen) atoms. The van der Waals surface area contributed by atoms with E-state index in [1.54, 1.807) is 6.92 Å². The summed E-state index contributed by atoms with van der Waals surface area (Å²) in [5, 5.41) is 18.4. The average Bonchev–Trinajstić information content (AvgIpc) is 2.17. The largest absolute Gasteiger partial charge is 0.491 e. The summed E-state index contributed by atoms with van der Waals surface area (Å²) >= 11 is 0. The molecule has 3 nitrogen and oxygen atoms in total. The molecule has 3 heteroatoms. The highest BCUT2D eigenvalue weighted by Gasteiger charge is 2.20. The van der Waals surface area contributed by atoms with Crippen molar-refractivity contribution in [1.29, 1.82) is 0 Å². The van der Waals surface area contributed by atoms with Gasteiger partial charge in [0.05, 0.1) is 5.60 Å². The Labute approximate surface area is 84.0 Å². The maximum Gasteiger partial charge on any atom is 0.119 e. The molecular formula is C11H16O3. The zero-order valence-electron chi connectivity index (χ0n) is 8.31. The Bertz CT molecular complexity index is 256. The SMILES string of the molecule is CC(O)(CCO)COc1ccccc1. The van der Waals surface area contributed by atoms with Crippen LogP contribution in [0.3, 0.4) is 0 Å². The summed E-state index contributed by atoms with van der Waals surface area (Å²) in [5.41, 5.74) is -0.968. The molecule has 2 N–H and O–H groups in total. The predicted octanol–water partition coefficient (Wildman–Crippen LogP) is 1.20. The van der Waals surface area contributed by atoms with Crippen molar-refractivity contribution >= 4 is 0 Å². The Balaban J connectivity index is 2.40. The van der Waals surface area contributed by atoms with E-state index in [4.69, 9.17) is 9.84 Å². The fraction of sp³-hybridized carbons (Fsp3) is 0.455. The van der Waals surface area contributed by atoms with Gasteiger partial charge < -0.3 is 14.9 Å². The third kappa shape index (κ3) is 3.77. The van der Waals surface area contributed by atoms with Gasteiger partial charge in [-0.1, -0.05) is 18.2 Å². The molecular weight excluding hydrogens is 180 g/mol. The van der Waals surface area contributed by atoms with E-state index in [9.17, 15) is 5.11 Å². The molecule has 0 heterocycles. The lowest BCUT2D eigenvalue weighted by Gasteiger charge is -2.22. The molecule has 0 saturated heterocycles. The lowest BCUT2D eigenvalue weighted by atomic mass is 10.1.